The molecule has 38 heavy (non-hydrogen) atoms. The van der Waals surface area contributed by atoms with Gasteiger partial charge in [-0.3, -0.25) is 14.4 Å². The molecule has 0 saturated heterocycles. The predicted octanol–water partition coefficient (Wildman–Crippen LogP) is 2.08. The molecule has 3 rings (SSSR count). The zero-order chi connectivity index (χ0) is 27.7. The smallest absolute Gasteiger partial charge is 0.247 e. The summed E-state index contributed by atoms with van der Waals surface area (Å²) in [6.45, 7) is 3.19. The third-order valence-corrected chi connectivity index (χ3v) is 7.69. The van der Waals surface area contributed by atoms with E-state index < -0.39 is 24.2 Å². The van der Waals surface area contributed by atoms with Gasteiger partial charge in [-0.05, 0) is 67.0 Å². The fourth-order valence-electron chi connectivity index (χ4n) is 4.65. The minimum Gasteiger partial charge on any atom is -0.493 e. The SMILES string of the molecule is CCOCCCN(C(=O)C1CCC1)[C@@H]1CC(C(=O)NCCO)=C[C@H](Oc2c(I)cc(C=O)cc2OC)[C@H]1O. The number of methoxy groups -OCH3 is 1. The van der Waals surface area contributed by atoms with Crippen molar-refractivity contribution in [2.45, 2.75) is 57.3 Å². The first-order chi connectivity index (χ1) is 18.3. The lowest BCUT2D eigenvalue weighted by Crippen LogP contribution is -2.57. The van der Waals surface area contributed by atoms with E-state index in [0.29, 0.717) is 58.7 Å². The Bertz CT molecular complexity index is 1010. The van der Waals surface area contributed by atoms with Crippen LogP contribution >= 0.6 is 22.6 Å². The number of halogens is 1. The monoisotopic (exact) mass is 644 g/mol. The van der Waals surface area contributed by atoms with Gasteiger partial charge < -0.3 is 34.6 Å². The van der Waals surface area contributed by atoms with E-state index in [2.05, 4.69) is 5.32 Å². The van der Waals surface area contributed by atoms with Crippen LogP contribution in [0.5, 0.6) is 11.5 Å². The minimum atomic E-state index is -1.13. The van der Waals surface area contributed by atoms with E-state index in [4.69, 9.17) is 14.2 Å². The Morgan fingerprint density at radius 2 is 2.05 bits per heavy atom. The number of rotatable bonds is 14. The van der Waals surface area contributed by atoms with Crippen molar-refractivity contribution in [3.05, 3.63) is 32.9 Å². The van der Waals surface area contributed by atoms with Gasteiger partial charge in [-0.1, -0.05) is 6.42 Å². The molecule has 1 aromatic rings. The molecule has 210 valence electrons. The van der Waals surface area contributed by atoms with Crippen LogP contribution in [0.15, 0.2) is 23.8 Å². The highest BCUT2D eigenvalue weighted by Gasteiger charge is 2.42. The van der Waals surface area contributed by atoms with Crippen LogP contribution in [0.4, 0.5) is 0 Å². The topological polar surface area (TPSA) is 135 Å². The van der Waals surface area contributed by atoms with Crippen molar-refractivity contribution < 1.29 is 38.8 Å². The highest BCUT2D eigenvalue weighted by Crippen LogP contribution is 2.37. The lowest BCUT2D eigenvalue weighted by atomic mass is 9.82. The van der Waals surface area contributed by atoms with Gasteiger partial charge in [-0.2, -0.15) is 0 Å². The number of benzene rings is 1. The number of carbonyl (C=O) groups is 3. The second-order valence-electron chi connectivity index (χ2n) is 9.38. The molecular weight excluding hydrogens is 607 g/mol. The van der Waals surface area contributed by atoms with Crippen LogP contribution in [-0.2, 0) is 14.3 Å². The summed E-state index contributed by atoms with van der Waals surface area (Å²) in [5, 5.41) is 23.4. The molecule has 0 heterocycles. The molecule has 3 atom stereocenters. The first kappa shape index (κ1) is 30.3. The van der Waals surface area contributed by atoms with E-state index >= 15 is 0 Å². The molecule has 0 aliphatic heterocycles. The van der Waals surface area contributed by atoms with Crippen LogP contribution in [-0.4, -0.2) is 91.5 Å². The highest BCUT2D eigenvalue weighted by atomic mass is 127. The van der Waals surface area contributed by atoms with Crippen LogP contribution in [0, 0.1) is 9.49 Å². The number of carbonyl (C=O) groups excluding carboxylic acids is 3. The largest absolute Gasteiger partial charge is 0.493 e. The van der Waals surface area contributed by atoms with Gasteiger partial charge >= 0.3 is 0 Å². The van der Waals surface area contributed by atoms with E-state index in [1.54, 1.807) is 17.0 Å². The number of hydrogen-bond acceptors (Lipinski definition) is 8. The number of nitrogens with one attached hydrogen (secondary N) is 1. The number of ether oxygens (including phenoxy) is 3. The number of aliphatic hydroxyl groups is 2. The Morgan fingerprint density at radius 1 is 1.29 bits per heavy atom. The summed E-state index contributed by atoms with van der Waals surface area (Å²) >= 11 is 2.02. The van der Waals surface area contributed by atoms with E-state index in [-0.39, 0.29) is 31.4 Å². The Balaban J connectivity index is 1.95. The second kappa shape index (κ2) is 14.8. The zero-order valence-electron chi connectivity index (χ0n) is 21.9. The van der Waals surface area contributed by atoms with Crippen molar-refractivity contribution >= 4 is 40.7 Å². The maximum absolute atomic E-state index is 13.5. The van der Waals surface area contributed by atoms with Crippen molar-refractivity contribution in [1.82, 2.24) is 10.2 Å². The van der Waals surface area contributed by atoms with Gasteiger partial charge in [-0.25, -0.2) is 0 Å². The third-order valence-electron chi connectivity index (χ3n) is 6.89. The molecule has 0 radical (unpaired) electrons. The molecule has 0 bridgehead atoms. The molecule has 2 aliphatic carbocycles. The molecule has 10 nitrogen and oxygen atoms in total. The lowest BCUT2D eigenvalue weighted by molar-refractivity contribution is -0.145. The van der Waals surface area contributed by atoms with Gasteiger partial charge in [0, 0.05) is 49.8 Å². The maximum Gasteiger partial charge on any atom is 0.247 e. The normalized spacial score (nSPS) is 21.2. The number of hydrogen-bond donors (Lipinski definition) is 3. The van der Waals surface area contributed by atoms with Crippen LogP contribution < -0.4 is 14.8 Å². The maximum atomic E-state index is 13.5. The van der Waals surface area contributed by atoms with Gasteiger partial charge in [0.15, 0.2) is 11.5 Å². The molecular formula is C27H37IN2O8. The molecule has 0 spiro atoms. The molecule has 1 aromatic carbocycles. The zero-order valence-corrected chi connectivity index (χ0v) is 24.0. The number of aldehydes is 1. The molecule has 11 heteroatoms. The van der Waals surface area contributed by atoms with Gasteiger partial charge in [-0.15, -0.1) is 0 Å². The average molecular weight is 645 g/mol. The third kappa shape index (κ3) is 7.45. The van der Waals surface area contributed by atoms with Crippen molar-refractivity contribution in [1.29, 1.82) is 0 Å². The Hall–Kier alpha value is -2.22. The summed E-state index contributed by atoms with van der Waals surface area (Å²) in [5.74, 6) is 0.112. The summed E-state index contributed by atoms with van der Waals surface area (Å²) < 4.78 is 17.8. The molecule has 2 aliphatic rings. The van der Waals surface area contributed by atoms with Crippen molar-refractivity contribution in [3.63, 3.8) is 0 Å². The second-order valence-corrected chi connectivity index (χ2v) is 10.5. The van der Waals surface area contributed by atoms with Gasteiger partial charge in [0.25, 0.3) is 0 Å². The summed E-state index contributed by atoms with van der Waals surface area (Å²) in [6.07, 6.45) is 3.50. The van der Waals surface area contributed by atoms with Gasteiger partial charge in [0.2, 0.25) is 11.8 Å². The van der Waals surface area contributed by atoms with Gasteiger partial charge in [0.1, 0.15) is 18.5 Å². The molecule has 3 N–H and O–H groups in total. The van der Waals surface area contributed by atoms with E-state index in [9.17, 15) is 24.6 Å². The Labute approximate surface area is 236 Å². The molecule has 1 fully saturated rings. The quantitative estimate of drug-likeness (QED) is 0.159. The summed E-state index contributed by atoms with van der Waals surface area (Å²) in [5.41, 5.74) is 0.764. The molecule has 0 unspecified atom stereocenters. The van der Waals surface area contributed by atoms with Crippen LogP contribution in [0.3, 0.4) is 0 Å². The van der Waals surface area contributed by atoms with E-state index in [1.165, 1.54) is 13.2 Å². The number of nitrogens with zero attached hydrogens (tertiary/aromatic N) is 1. The molecule has 0 aromatic heterocycles. The van der Waals surface area contributed by atoms with Crippen molar-refractivity contribution in [2.24, 2.45) is 5.92 Å². The highest BCUT2D eigenvalue weighted by molar-refractivity contribution is 14.1. The first-order valence-electron chi connectivity index (χ1n) is 13.0. The molecule has 2 amide bonds. The Morgan fingerprint density at radius 3 is 2.66 bits per heavy atom. The molecule has 1 saturated carbocycles. The first-order valence-corrected chi connectivity index (χ1v) is 14.1. The number of aliphatic hydroxyl groups excluding tert-OH is 2. The number of amides is 2. The fraction of sp³-hybridized carbons (Fsp3) is 0.593. The summed E-state index contributed by atoms with van der Waals surface area (Å²) in [7, 11) is 1.45. The average Bonchev–Trinajstić information content (AvgIpc) is 2.88. The summed E-state index contributed by atoms with van der Waals surface area (Å²) in [6, 6.07) is 2.47. The van der Waals surface area contributed by atoms with Crippen LogP contribution in [0.1, 0.15) is 49.4 Å². The van der Waals surface area contributed by atoms with Gasteiger partial charge in [0.05, 0.1) is 23.3 Å². The summed E-state index contributed by atoms with van der Waals surface area (Å²) in [4.78, 5) is 39.5. The predicted molar refractivity (Wildman–Crippen MR) is 148 cm³/mol. The van der Waals surface area contributed by atoms with Crippen LogP contribution in [0.2, 0.25) is 0 Å². The van der Waals surface area contributed by atoms with E-state index in [0.717, 1.165) is 19.3 Å². The van der Waals surface area contributed by atoms with E-state index in [1.807, 2.05) is 29.5 Å². The Kier molecular flexibility index (Phi) is 11.8. The fourth-order valence-corrected chi connectivity index (χ4v) is 5.40. The minimum absolute atomic E-state index is 0.0324. The van der Waals surface area contributed by atoms with Crippen LogP contribution in [0.25, 0.3) is 0 Å². The lowest BCUT2D eigenvalue weighted by Gasteiger charge is -2.43. The van der Waals surface area contributed by atoms with Crippen molar-refractivity contribution in [3.8, 4) is 11.5 Å². The van der Waals surface area contributed by atoms with Crippen molar-refractivity contribution in [2.75, 3.05) is 40.0 Å². The standard InChI is InChI=1S/C27H37IN2O8/c1-3-37-11-5-9-30(27(35)18-6-4-7-18)21-14-19(26(34)29-8-10-31)15-22(24(21)33)38-25-20(28)12-17(16-32)13-23(25)36-2/h12-13,15-16,18,21-22,24,31,33H,3-11,14H2,1-2H3,(H,29,34)/t21-,22+,24+/m1/s1.